The molecule has 1 fully saturated rings. The van der Waals surface area contributed by atoms with Crippen molar-refractivity contribution in [2.45, 2.75) is 25.9 Å². The molecule has 19 heavy (non-hydrogen) atoms. The largest absolute Gasteiger partial charge is 0.378 e. The molecule has 1 aromatic rings. The van der Waals surface area contributed by atoms with Crippen LogP contribution in [0.25, 0.3) is 0 Å². The van der Waals surface area contributed by atoms with E-state index in [0.717, 1.165) is 17.2 Å². The van der Waals surface area contributed by atoms with Crippen LogP contribution in [-0.2, 0) is 9.53 Å². The van der Waals surface area contributed by atoms with Crippen molar-refractivity contribution in [2.75, 3.05) is 19.8 Å². The zero-order valence-corrected chi connectivity index (χ0v) is 13.3. The number of carbonyl (C=O) groups is 1. The number of rotatable bonds is 3. The minimum atomic E-state index is -0.243. The first-order chi connectivity index (χ1) is 8.16. The van der Waals surface area contributed by atoms with Gasteiger partial charge in [0.25, 0.3) is 0 Å². The molecule has 2 atom stereocenters. The number of carbonyl (C=O) groups excluding carboxylic acids is 1. The van der Waals surface area contributed by atoms with E-state index in [1.807, 2.05) is 19.2 Å². The van der Waals surface area contributed by atoms with Crippen molar-refractivity contribution in [1.82, 2.24) is 15.6 Å². The van der Waals surface area contributed by atoms with Crippen LogP contribution in [0, 0.1) is 6.92 Å². The maximum absolute atomic E-state index is 11.9. The van der Waals surface area contributed by atoms with E-state index in [-0.39, 0.29) is 42.8 Å². The quantitative estimate of drug-likeness (QED) is 0.882. The third-order valence-electron chi connectivity index (χ3n) is 2.60. The van der Waals surface area contributed by atoms with Gasteiger partial charge in [0, 0.05) is 17.6 Å². The van der Waals surface area contributed by atoms with Gasteiger partial charge in [-0.15, -0.1) is 36.2 Å². The van der Waals surface area contributed by atoms with E-state index in [0.29, 0.717) is 13.2 Å². The molecule has 2 N–H and O–H groups in total. The Morgan fingerprint density at radius 1 is 1.63 bits per heavy atom. The molecule has 0 aromatic carbocycles. The highest BCUT2D eigenvalue weighted by Gasteiger charge is 2.23. The van der Waals surface area contributed by atoms with Crippen molar-refractivity contribution in [3.05, 3.63) is 16.1 Å². The monoisotopic (exact) mass is 327 g/mol. The van der Waals surface area contributed by atoms with Crippen molar-refractivity contribution < 1.29 is 9.53 Å². The summed E-state index contributed by atoms with van der Waals surface area (Å²) in [7, 11) is 0. The smallest absolute Gasteiger partial charge is 0.240 e. The fourth-order valence-corrected chi connectivity index (χ4v) is 2.48. The molecule has 0 bridgehead atoms. The van der Waals surface area contributed by atoms with Gasteiger partial charge < -0.3 is 15.4 Å². The summed E-state index contributed by atoms with van der Waals surface area (Å²) in [5.74, 6) is -0.0231. The van der Waals surface area contributed by atoms with Gasteiger partial charge in [-0.1, -0.05) is 0 Å². The standard InChI is InChI=1S/C11H17N3O2S.2ClH/c1-7-6-17-11(13-7)8(2)14-10(15)9-5-16-4-3-12-9;;/h6,8-9,12H,3-5H2,1-2H3,(H,14,15);2*1H. The van der Waals surface area contributed by atoms with Crippen LogP contribution in [0.1, 0.15) is 23.7 Å². The number of morpholine rings is 1. The molecular formula is C11H19Cl2N3O2S. The first-order valence-corrected chi connectivity index (χ1v) is 6.58. The number of hydrogen-bond donors (Lipinski definition) is 2. The van der Waals surface area contributed by atoms with Crippen LogP contribution in [-0.4, -0.2) is 36.7 Å². The maximum Gasteiger partial charge on any atom is 0.240 e. The highest BCUT2D eigenvalue weighted by molar-refractivity contribution is 7.09. The van der Waals surface area contributed by atoms with Gasteiger partial charge >= 0.3 is 0 Å². The van der Waals surface area contributed by atoms with Gasteiger partial charge in [0.1, 0.15) is 11.0 Å². The van der Waals surface area contributed by atoms with Crippen molar-refractivity contribution in [1.29, 1.82) is 0 Å². The van der Waals surface area contributed by atoms with Crippen LogP contribution >= 0.6 is 36.2 Å². The molecule has 2 heterocycles. The molecule has 2 unspecified atom stereocenters. The summed E-state index contributed by atoms with van der Waals surface area (Å²) in [5.41, 5.74) is 0.991. The minimum absolute atomic E-state index is 0. The lowest BCUT2D eigenvalue weighted by Crippen LogP contribution is -2.51. The lowest BCUT2D eigenvalue weighted by atomic mass is 10.2. The molecule has 1 aliphatic heterocycles. The molecule has 8 heteroatoms. The fraction of sp³-hybridized carbons (Fsp3) is 0.636. The number of nitrogens with one attached hydrogen (secondary N) is 2. The number of aryl methyl sites for hydroxylation is 1. The number of amides is 1. The third kappa shape index (κ3) is 5.24. The molecule has 0 aliphatic carbocycles. The predicted octanol–water partition coefficient (Wildman–Crippen LogP) is 1.46. The van der Waals surface area contributed by atoms with E-state index in [1.54, 1.807) is 11.3 Å². The Labute approximate surface area is 129 Å². The highest BCUT2D eigenvalue weighted by atomic mass is 35.5. The number of ether oxygens (including phenoxy) is 1. The molecule has 0 spiro atoms. The highest BCUT2D eigenvalue weighted by Crippen LogP contribution is 2.17. The Morgan fingerprint density at radius 2 is 2.37 bits per heavy atom. The molecule has 1 aromatic heterocycles. The van der Waals surface area contributed by atoms with Crippen molar-refractivity contribution in [3.8, 4) is 0 Å². The minimum Gasteiger partial charge on any atom is -0.378 e. The van der Waals surface area contributed by atoms with E-state index < -0.39 is 0 Å². The number of thiazole rings is 1. The van der Waals surface area contributed by atoms with Crippen LogP contribution in [0.4, 0.5) is 0 Å². The topological polar surface area (TPSA) is 63.2 Å². The first-order valence-electron chi connectivity index (χ1n) is 5.70. The second-order valence-corrected chi connectivity index (χ2v) is 5.03. The number of halogens is 2. The second kappa shape index (κ2) is 8.71. The molecule has 2 rings (SSSR count). The molecule has 0 radical (unpaired) electrons. The Morgan fingerprint density at radius 3 is 2.89 bits per heavy atom. The van der Waals surface area contributed by atoms with Gasteiger partial charge in [-0.25, -0.2) is 4.98 Å². The zero-order valence-electron chi connectivity index (χ0n) is 10.8. The number of aromatic nitrogens is 1. The lowest BCUT2D eigenvalue weighted by molar-refractivity contribution is -0.126. The van der Waals surface area contributed by atoms with Gasteiger partial charge in [-0.3, -0.25) is 4.79 Å². The summed E-state index contributed by atoms with van der Waals surface area (Å²) in [6.07, 6.45) is 0. The van der Waals surface area contributed by atoms with E-state index in [1.165, 1.54) is 0 Å². The summed E-state index contributed by atoms with van der Waals surface area (Å²) >= 11 is 1.57. The molecule has 1 saturated heterocycles. The van der Waals surface area contributed by atoms with E-state index in [2.05, 4.69) is 15.6 Å². The summed E-state index contributed by atoms with van der Waals surface area (Å²) in [6.45, 7) is 5.73. The number of nitrogens with zero attached hydrogens (tertiary/aromatic N) is 1. The van der Waals surface area contributed by atoms with Gasteiger partial charge in [0.15, 0.2) is 0 Å². The van der Waals surface area contributed by atoms with Crippen molar-refractivity contribution >= 4 is 42.1 Å². The molecule has 110 valence electrons. The SMILES string of the molecule is Cc1csc(C(C)NC(=O)C2COCCN2)n1.Cl.Cl. The van der Waals surface area contributed by atoms with E-state index >= 15 is 0 Å². The first kappa shape index (κ1) is 18.6. The Hall–Kier alpha value is -0.400. The van der Waals surface area contributed by atoms with Crippen molar-refractivity contribution in [2.24, 2.45) is 0 Å². The molecule has 0 saturated carbocycles. The summed E-state index contributed by atoms with van der Waals surface area (Å²) in [6, 6.07) is -0.294. The third-order valence-corrected chi connectivity index (χ3v) is 3.75. The van der Waals surface area contributed by atoms with Crippen LogP contribution in [0.3, 0.4) is 0 Å². The summed E-state index contributed by atoms with van der Waals surface area (Å²) in [4.78, 5) is 16.3. The number of hydrogen-bond acceptors (Lipinski definition) is 5. The molecule has 1 amide bonds. The van der Waals surface area contributed by atoms with Gasteiger partial charge in [-0.05, 0) is 13.8 Å². The van der Waals surface area contributed by atoms with Crippen LogP contribution in [0.5, 0.6) is 0 Å². The lowest BCUT2D eigenvalue weighted by Gasteiger charge is -2.24. The molecular weight excluding hydrogens is 309 g/mol. The van der Waals surface area contributed by atoms with Crippen LogP contribution in [0.2, 0.25) is 0 Å². The Bertz CT molecular complexity index is 397. The molecule has 5 nitrogen and oxygen atoms in total. The molecule has 1 aliphatic rings. The fourth-order valence-electron chi connectivity index (χ4n) is 1.68. The zero-order chi connectivity index (χ0) is 12.3. The maximum atomic E-state index is 11.9. The second-order valence-electron chi connectivity index (χ2n) is 4.14. The Kier molecular flexibility index (Phi) is 8.52. The summed E-state index contributed by atoms with van der Waals surface area (Å²) < 4.78 is 5.26. The van der Waals surface area contributed by atoms with E-state index in [9.17, 15) is 4.79 Å². The van der Waals surface area contributed by atoms with Gasteiger partial charge in [0.05, 0.1) is 19.3 Å². The Balaban J connectivity index is 0.00000162. The average Bonchev–Trinajstić information content (AvgIpc) is 2.77. The van der Waals surface area contributed by atoms with Crippen LogP contribution < -0.4 is 10.6 Å². The predicted molar refractivity (Wildman–Crippen MR) is 80.5 cm³/mol. The van der Waals surface area contributed by atoms with Gasteiger partial charge in [-0.2, -0.15) is 0 Å². The van der Waals surface area contributed by atoms with E-state index in [4.69, 9.17) is 4.74 Å². The van der Waals surface area contributed by atoms with Gasteiger partial charge in [0.2, 0.25) is 5.91 Å². The van der Waals surface area contributed by atoms with Crippen LogP contribution in [0.15, 0.2) is 5.38 Å². The van der Waals surface area contributed by atoms with Crippen molar-refractivity contribution in [3.63, 3.8) is 0 Å². The summed E-state index contributed by atoms with van der Waals surface area (Å²) in [5, 5.41) is 9.00. The average molecular weight is 328 g/mol. The normalized spacial score (nSPS) is 19.8.